The highest BCUT2D eigenvalue weighted by Gasteiger charge is 2.11. The number of benzene rings is 1. The molecule has 2 N–H and O–H groups in total. The molecule has 1 saturated heterocycles. The molecule has 1 aromatic heterocycles. The third kappa shape index (κ3) is 2.33. The maximum Gasteiger partial charge on any atom is 0.125 e. The third-order valence-corrected chi connectivity index (χ3v) is 3.24. The van der Waals surface area contributed by atoms with Crippen LogP contribution in [-0.4, -0.2) is 36.1 Å². The van der Waals surface area contributed by atoms with Gasteiger partial charge in [-0.25, -0.2) is 4.39 Å². The maximum absolute atomic E-state index is 13.1. The van der Waals surface area contributed by atoms with Crippen LogP contribution in [0.15, 0.2) is 24.3 Å². The first kappa shape index (κ1) is 10.7. The van der Waals surface area contributed by atoms with Crippen molar-refractivity contribution in [2.75, 3.05) is 26.2 Å². The molecule has 3 rings (SSSR count). The van der Waals surface area contributed by atoms with Gasteiger partial charge in [0.1, 0.15) is 5.82 Å². The minimum absolute atomic E-state index is 0.187. The summed E-state index contributed by atoms with van der Waals surface area (Å²) in [5, 5.41) is 4.41. The van der Waals surface area contributed by atoms with Gasteiger partial charge in [-0.1, -0.05) is 0 Å². The molecule has 2 heterocycles. The van der Waals surface area contributed by atoms with E-state index in [-0.39, 0.29) is 5.82 Å². The van der Waals surface area contributed by atoms with E-state index in [1.54, 1.807) is 6.07 Å². The zero-order chi connectivity index (χ0) is 11.7. The predicted molar refractivity (Wildman–Crippen MR) is 66.4 cm³/mol. The van der Waals surface area contributed by atoms with Gasteiger partial charge < -0.3 is 10.3 Å². The van der Waals surface area contributed by atoms with E-state index >= 15 is 0 Å². The summed E-state index contributed by atoms with van der Waals surface area (Å²) in [5.74, 6) is -0.187. The van der Waals surface area contributed by atoms with Gasteiger partial charge in [0.2, 0.25) is 0 Å². The van der Waals surface area contributed by atoms with Gasteiger partial charge in [-0.15, -0.1) is 0 Å². The number of aromatic amines is 1. The second-order valence-corrected chi connectivity index (χ2v) is 4.55. The molecule has 0 radical (unpaired) electrons. The molecule has 3 nitrogen and oxygen atoms in total. The van der Waals surface area contributed by atoms with Crippen molar-refractivity contribution in [1.29, 1.82) is 0 Å². The van der Waals surface area contributed by atoms with Crippen molar-refractivity contribution in [3.8, 4) is 0 Å². The molecule has 0 bridgehead atoms. The molecular weight excluding hydrogens is 217 g/mol. The van der Waals surface area contributed by atoms with Gasteiger partial charge in [0, 0.05) is 43.9 Å². The zero-order valence-corrected chi connectivity index (χ0v) is 9.67. The lowest BCUT2D eigenvalue weighted by molar-refractivity contribution is 0.231. The number of piperazine rings is 1. The van der Waals surface area contributed by atoms with Crippen LogP contribution in [0.2, 0.25) is 0 Å². The highest BCUT2D eigenvalue weighted by molar-refractivity contribution is 5.80. The van der Waals surface area contributed by atoms with Crippen LogP contribution in [-0.2, 0) is 6.54 Å². The molecule has 0 spiro atoms. The Kier molecular flexibility index (Phi) is 2.82. The number of nitrogens with one attached hydrogen (secondary N) is 2. The van der Waals surface area contributed by atoms with E-state index in [9.17, 15) is 4.39 Å². The average Bonchev–Trinajstić information content (AvgIpc) is 2.71. The van der Waals surface area contributed by atoms with Gasteiger partial charge in [-0.3, -0.25) is 4.90 Å². The van der Waals surface area contributed by atoms with Crippen LogP contribution in [0.1, 0.15) is 5.69 Å². The first-order valence-corrected chi connectivity index (χ1v) is 6.01. The molecule has 1 fully saturated rings. The number of hydrogen-bond acceptors (Lipinski definition) is 2. The topological polar surface area (TPSA) is 31.1 Å². The van der Waals surface area contributed by atoms with Gasteiger partial charge in [0.15, 0.2) is 0 Å². The van der Waals surface area contributed by atoms with E-state index in [2.05, 4.69) is 21.3 Å². The van der Waals surface area contributed by atoms with E-state index < -0.39 is 0 Å². The van der Waals surface area contributed by atoms with Crippen molar-refractivity contribution < 1.29 is 4.39 Å². The van der Waals surface area contributed by atoms with Crippen LogP contribution in [0.25, 0.3) is 10.9 Å². The summed E-state index contributed by atoms with van der Waals surface area (Å²) in [4.78, 5) is 5.68. The van der Waals surface area contributed by atoms with E-state index in [0.29, 0.717) is 0 Å². The summed E-state index contributed by atoms with van der Waals surface area (Å²) in [6.07, 6.45) is 0. The van der Waals surface area contributed by atoms with Gasteiger partial charge in [-0.05, 0) is 29.7 Å². The molecule has 0 amide bonds. The molecule has 0 atom stereocenters. The summed E-state index contributed by atoms with van der Waals surface area (Å²) in [5.41, 5.74) is 2.04. The van der Waals surface area contributed by atoms with E-state index in [1.165, 1.54) is 6.07 Å². The standard InChI is InChI=1S/C13H16FN3/c14-11-2-1-10-7-12(16-13(10)8-11)9-17-5-3-15-4-6-17/h1-2,7-8,15-16H,3-6,9H2. The lowest BCUT2D eigenvalue weighted by Gasteiger charge is -2.26. The fourth-order valence-corrected chi connectivity index (χ4v) is 2.35. The highest BCUT2D eigenvalue weighted by Crippen LogP contribution is 2.17. The number of fused-ring (bicyclic) bond motifs is 1. The number of H-pyrrole nitrogens is 1. The van der Waals surface area contributed by atoms with Crippen molar-refractivity contribution in [1.82, 2.24) is 15.2 Å². The monoisotopic (exact) mass is 233 g/mol. The van der Waals surface area contributed by atoms with Crippen molar-refractivity contribution >= 4 is 10.9 Å². The summed E-state index contributed by atoms with van der Waals surface area (Å²) in [6, 6.07) is 6.99. The van der Waals surface area contributed by atoms with Crippen LogP contribution in [0.3, 0.4) is 0 Å². The molecule has 90 valence electrons. The number of nitrogens with zero attached hydrogens (tertiary/aromatic N) is 1. The van der Waals surface area contributed by atoms with Crippen molar-refractivity contribution in [3.63, 3.8) is 0 Å². The van der Waals surface area contributed by atoms with Gasteiger partial charge in [0.25, 0.3) is 0 Å². The second kappa shape index (κ2) is 4.47. The molecule has 0 aliphatic carbocycles. The fraction of sp³-hybridized carbons (Fsp3) is 0.385. The summed E-state index contributed by atoms with van der Waals surface area (Å²) < 4.78 is 13.1. The molecule has 17 heavy (non-hydrogen) atoms. The maximum atomic E-state index is 13.1. The Hall–Kier alpha value is -1.39. The largest absolute Gasteiger partial charge is 0.357 e. The van der Waals surface area contributed by atoms with Crippen molar-refractivity contribution in [2.45, 2.75) is 6.54 Å². The Balaban J connectivity index is 1.80. The minimum Gasteiger partial charge on any atom is -0.357 e. The SMILES string of the molecule is Fc1ccc2cc(CN3CCNCC3)[nH]c2c1. The second-order valence-electron chi connectivity index (χ2n) is 4.55. The van der Waals surface area contributed by atoms with E-state index in [4.69, 9.17) is 0 Å². The molecule has 0 saturated carbocycles. The number of rotatable bonds is 2. The molecule has 4 heteroatoms. The van der Waals surface area contributed by atoms with Crippen LogP contribution < -0.4 is 5.32 Å². The summed E-state index contributed by atoms with van der Waals surface area (Å²) >= 11 is 0. The van der Waals surface area contributed by atoms with Gasteiger partial charge >= 0.3 is 0 Å². The van der Waals surface area contributed by atoms with Crippen LogP contribution in [0.5, 0.6) is 0 Å². The summed E-state index contributed by atoms with van der Waals surface area (Å²) in [6.45, 7) is 5.16. The Morgan fingerprint density at radius 2 is 2.00 bits per heavy atom. The molecular formula is C13H16FN3. The number of hydrogen-bond donors (Lipinski definition) is 2. The quantitative estimate of drug-likeness (QED) is 0.827. The molecule has 1 aliphatic heterocycles. The molecule has 0 unspecified atom stereocenters. The minimum atomic E-state index is -0.187. The van der Waals surface area contributed by atoms with Crippen molar-refractivity contribution in [2.24, 2.45) is 0 Å². The molecule has 1 aromatic carbocycles. The Morgan fingerprint density at radius 1 is 1.18 bits per heavy atom. The smallest absolute Gasteiger partial charge is 0.125 e. The number of halogens is 1. The highest BCUT2D eigenvalue weighted by atomic mass is 19.1. The van der Waals surface area contributed by atoms with E-state index in [0.717, 1.165) is 49.3 Å². The Morgan fingerprint density at radius 3 is 2.82 bits per heavy atom. The van der Waals surface area contributed by atoms with Crippen molar-refractivity contribution in [3.05, 3.63) is 35.8 Å². The third-order valence-electron chi connectivity index (χ3n) is 3.24. The van der Waals surface area contributed by atoms with Crippen LogP contribution >= 0.6 is 0 Å². The summed E-state index contributed by atoms with van der Waals surface area (Å²) in [7, 11) is 0. The van der Waals surface area contributed by atoms with E-state index in [1.807, 2.05) is 6.07 Å². The molecule has 1 aliphatic rings. The predicted octanol–water partition coefficient (Wildman–Crippen LogP) is 1.71. The van der Waals surface area contributed by atoms with Gasteiger partial charge in [-0.2, -0.15) is 0 Å². The average molecular weight is 233 g/mol. The Bertz CT molecular complexity index is 514. The lowest BCUT2D eigenvalue weighted by atomic mass is 10.2. The molecule has 2 aromatic rings. The Labute approximate surface area is 99.6 Å². The first-order valence-electron chi connectivity index (χ1n) is 6.01. The zero-order valence-electron chi connectivity index (χ0n) is 9.67. The number of aromatic nitrogens is 1. The normalized spacial score (nSPS) is 17.7. The lowest BCUT2D eigenvalue weighted by Crippen LogP contribution is -2.42. The fourth-order valence-electron chi connectivity index (χ4n) is 2.35. The van der Waals surface area contributed by atoms with Gasteiger partial charge in [0.05, 0.1) is 0 Å². The van der Waals surface area contributed by atoms with Crippen LogP contribution in [0.4, 0.5) is 4.39 Å². The first-order chi connectivity index (χ1) is 8.31. The van der Waals surface area contributed by atoms with Crippen LogP contribution in [0, 0.1) is 5.82 Å².